The average Bonchev–Trinajstić information content (AvgIpc) is 2.85. The smallest absolute Gasteiger partial charge is 0.145 e. The number of pyridine rings is 1. The minimum absolute atomic E-state index is 0.492. The summed E-state index contributed by atoms with van der Waals surface area (Å²) in [5.74, 6) is 2.23. The van der Waals surface area contributed by atoms with Gasteiger partial charge in [-0.25, -0.2) is 9.97 Å². The molecule has 0 fully saturated rings. The summed E-state index contributed by atoms with van der Waals surface area (Å²) in [6, 6.07) is 15.9. The van der Waals surface area contributed by atoms with Gasteiger partial charge in [0.1, 0.15) is 23.6 Å². The number of methoxy groups -OCH3 is 1. The van der Waals surface area contributed by atoms with Crippen LogP contribution in [0.2, 0.25) is 0 Å². The van der Waals surface area contributed by atoms with Crippen molar-refractivity contribution in [1.29, 1.82) is 0 Å². The summed E-state index contributed by atoms with van der Waals surface area (Å²) in [5.41, 5.74) is 5.64. The highest BCUT2D eigenvalue weighted by Gasteiger charge is 2.08. The number of aromatic nitrogens is 3. The first-order valence-corrected chi connectivity index (χ1v) is 11.3. The molecule has 4 rings (SSSR count). The number of nitrogens with one attached hydrogen (secondary N) is 2. The number of aryl methyl sites for hydroxylation is 2. The van der Waals surface area contributed by atoms with Gasteiger partial charge in [0.05, 0.1) is 18.3 Å². The van der Waals surface area contributed by atoms with Crippen LogP contribution in [0.4, 0.5) is 11.5 Å². The molecular weight excluding hydrogens is 438 g/mol. The second-order valence-corrected chi connectivity index (χ2v) is 8.16. The Morgan fingerprint density at radius 1 is 1.03 bits per heavy atom. The van der Waals surface area contributed by atoms with Crippen LogP contribution in [0.3, 0.4) is 0 Å². The van der Waals surface area contributed by atoms with Crippen LogP contribution in [-0.2, 0) is 4.74 Å². The first-order valence-electron chi connectivity index (χ1n) is 11.3. The number of rotatable bonds is 10. The summed E-state index contributed by atoms with van der Waals surface area (Å²) in [6.07, 6.45) is 7.40. The van der Waals surface area contributed by atoms with Crippen molar-refractivity contribution in [2.45, 2.75) is 13.8 Å². The Bertz CT molecular complexity index is 1350. The monoisotopic (exact) mass is 467 g/mol. The average molecular weight is 468 g/mol. The molecule has 0 aliphatic rings. The van der Waals surface area contributed by atoms with Gasteiger partial charge in [0.25, 0.3) is 0 Å². The fraction of sp³-hybridized carbons (Fsp3) is 0.179. The van der Waals surface area contributed by atoms with Crippen molar-refractivity contribution in [1.82, 2.24) is 20.3 Å². The first kappa shape index (κ1) is 23.9. The summed E-state index contributed by atoms with van der Waals surface area (Å²) in [6.45, 7) is 9.03. The topological polar surface area (TPSA) is 81.2 Å². The Morgan fingerprint density at radius 3 is 2.69 bits per heavy atom. The Balaban J connectivity index is 1.49. The number of benzene rings is 2. The van der Waals surface area contributed by atoms with Crippen molar-refractivity contribution in [2.75, 3.05) is 25.6 Å². The number of hydrogen-bond acceptors (Lipinski definition) is 7. The third kappa shape index (κ3) is 6.43. The maximum Gasteiger partial charge on any atom is 0.145 e. The molecule has 7 nitrogen and oxygen atoms in total. The maximum atomic E-state index is 5.99. The largest absolute Gasteiger partial charge is 0.455 e. The molecule has 0 amide bonds. The minimum Gasteiger partial charge on any atom is -0.455 e. The molecule has 2 heterocycles. The fourth-order valence-electron chi connectivity index (χ4n) is 3.52. The molecule has 0 atom stereocenters. The molecule has 4 aromatic rings. The van der Waals surface area contributed by atoms with Gasteiger partial charge in [-0.3, -0.25) is 4.98 Å². The second kappa shape index (κ2) is 11.3. The molecule has 0 bridgehead atoms. The van der Waals surface area contributed by atoms with Gasteiger partial charge in [0.2, 0.25) is 0 Å². The van der Waals surface area contributed by atoms with E-state index in [1.807, 2.05) is 62.4 Å². The highest BCUT2D eigenvalue weighted by molar-refractivity contribution is 5.92. The van der Waals surface area contributed by atoms with Gasteiger partial charge >= 0.3 is 0 Å². The summed E-state index contributed by atoms with van der Waals surface area (Å²) in [4.78, 5) is 13.2. The first-order chi connectivity index (χ1) is 17.0. The molecule has 0 unspecified atom stereocenters. The lowest BCUT2D eigenvalue weighted by Crippen LogP contribution is -2.15. The number of ether oxygens (including phenoxy) is 2. The van der Waals surface area contributed by atoms with Crippen molar-refractivity contribution in [2.24, 2.45) is 0 Å². The molecule has 0 spiro atoms. The Hall–Kier alpha value is -4.23. The Kier molecular flexibility index (Phi) is 7.70. The van der Waals surface area contributed by atoms with E-state index in [2.05, 4.69) is 44.3 Å². The van der Waals surface area contributed by atoms with Crippen LogP contribution < -0.4 is 15.4 Å². The van der Waals surface area contributed by atoms with Crippen molar-refractivity contribution in [3.05, 3.63) is 96.2 Å². The van der Waals surface area contributed by atoms with Crippen LogP contribution >= 0.6 is 0 Å². The molecule has 2 aromatic carbocycles. The maximum absolute atomic E-state index is 5.99. The van der Waals surface area contributed by atoms with E-state index in [0.717, 1.165) is 50.7 Å². The van der Waals surface area contributed by atoms with Crippen molar-refractivity contribution in [3.8, 4) is 11.5 Å². The quantitative estimate of drug-likeness (QED) is 0.299. The lowest BCUT2D eigenvalue weighted by atomic mass is 10.1. The summed E-state index contributed by atoms with van der Waals surface area (Å²) < 4.78 is 11.0. The fourth-order valence-corrected chi connectivity index (χ4v) is 3.52. The summed E-state index contributed by atoms with van der Waals surface area (Å²) in [5, 5.41) is 7.57. The van der Waals surface area contributed by atoms with Crippen molar-refractivity contribution < 1.29 is 9.47 Å². The molecule has 2 N–H and O–H groups in total. The van der Waals surface area contributed by atoms with E-state index in [4.69, 9.17) is 9.47 Å². The van der Waals surface area contributed by atoms with Crippen LogP contribution in [0.15, 0.2) is 79.4 Å². The normalized spacial score (nSPS) is 11.1. The molecule has 0 aliphatic carbocycles. The zero-order valence-corrected chi connectivity index (χ0v) is 20.2. The molecule has 0 aliphatic heterocycles. The summed E-state index contributed by atoms with van der Waals surface area (Å²) >= 11 is 0. The predicted molar refractivity (Wildman–Crippen MR) is 141 cm³/mol. The van der Waals surface area contributed by atoms with Crippen molar-refractivity contribution in [3.63, 3.8) is 0 Å². The second-order valence-electron chi connectivity index (χ2n) is 8.16. The molecule has 178 valence electrons. The van der Waals surface area contributed by atoms with Gasteiger partial charge in [-0.15, -0.1) is 0 Å². The van der Waals surface area contributed by atoms with Crippen molar-refractivity contribution >= 4 is 28.5 Å². The van der Waals surface area contributed by atoms with E-state index < -0.39 is 0 Å². The third-order valence-electron chi connectivity index (χ3n) is 5.31. The van der Waals surface area contributed by atoms with E-state index in [9.17, 15) is 0 Å². The molecule has 0 saturated carbocycles. The molecule has 0 saturated heterocycles. The van der Waals surface area contributed by atoms with Gasteiger partial charge in [-0.05, 0) is 67.4 Å². The van der Waals surface area contributed by atoms with Crippen LogP contribution in [0.1, 0.15) is 16.8 Å². The van der Waals surface area contributed by atoms with Gasteiger partial charge in [-0.2, -0.15) is 0 Å². The van der Waals surface area contributed by atoms with Crippen LogP contribution in [0.5, 0.6) is 11.5 Å². The summed E-state index contributed by atoms with van der Waals surface area (Å²) in [7, 11) is 1.65. The molecule has 0 radical (unpaired) electrons. The van der Waals surface area contributed by atoms with Gasteiger partial charge in [-0.1, -0.05) is 24.8 Å². The van der Waals surface area contributed by atoms with E-state index in [1.165, 1.54) is 0 Å². The van der Waals surface area contributed by atoms with Gasteiger partial charge in [0.15, 0.2) is 0 Å². The zero-order chi connectivity index (χ0) is 24.6. The van der Waals surface area contributed by atoms with Crippen LogP contribution in [0.25, 0.3) is 17.0 Å². The lowest BCUT2D eigenvalue weighted by Gasteiger charge is -2.12. The van der Waals surface area contributed by atoms with E-state index >= 15 is 0 Å². The third-order valence-corrected chi connectivity index (χ3v) is 5.31. The molecule has 35 heavy (non-hydrogen) atoms. The number of fused-ring (bicyclic) bond motifs is 1. The lowest BCUT2D eigenvalue weighted by molar-refractivity contribution is 0.221. The van der Waals surface area contributed by atoms with E-state index in [-0.39, 0.29) is 0 Å². The number of nitrogens with zero attached hydrogens (tertiary/aromatic N) is 3. The number of anilines is 2. The minimum atomic E-state index is 0.492. The highest BCUT2D eigenvalue weighted by atomic mass is 16.5. The molecule has 7 heteroatoms. The molecular formula is C28H29N5O2. The van der Waals surface area contributed by atoms with Gasteiger partial charge in [0, 0.05) is 36.1 Å². The standard InChI is InChI=1S/C28H29N5O2/c1-19-14-23(9-12-27(19)35-24-10-7-20(2)30-16-24)33-28-25-15-22(8-11-26(25)31-18-32-28)6-5-13-29-21(3)17-34-4/h5-12,14-16,18,29H,3,13,17H2,1-2,4H3,(H,31,32,33)/b6-5+. The van der Waals surface area contributed by atoms with E-state index in [0.29, 0.717) is 18.9 Å². The predicted octanol–water partition coefficient (Wildman–Crippen LogP) is 5.94. The van der Waals surface area contributed by atoms with Crippen LogP contribution in [-0.4, -0.2) is 35.2 Å². The van der Waals surface area contributed by atoms with E-state index in [1.54, 1.807) is 19.6 Å². The Labute approximate surface area is 205 Å². The Morgan fingerprint density at radius 2 is 1.91 bits per heavy atom. The molecule has 2 aromatic heterocycles. The van der Waals surface area contributed by atoms with Crippen LogP contribution in [0, 0.1) is 13.8 Å². The SMILES string of the molecule is C=C(COC)NC/C=C/c1ccc2ncnc(Nc3ccc(Oc4ccc(C)nc4)c(C)c3)c2c1. The highest BCUT2D eigenvalue weighted by Crippen LogP contribution is 2.30. The number of hydrogen-bond donors (Lipinski definition) is 2. The van der Waals surface area contributed by atoms with Gasteiger partial charge < -0.3 is 20.1 Å². The zero-order valence-electron chi connectivity index (χ0n) is 20.2.